The third-order valence-corrected chi connectivity index (χ3v) is 4.82. The Bertz CT molecular complexity index is 924. The molecule has 0 aliphatic carbocycles. The van der Waals surface area contributed by atoms with Crippen molar-refractivity contribution in [1.82, 2.24) is 9.78 Å². The number of alkyl halides is 3. The van der Waals surface area contributed by atoms with Crippen molar-refractivity contribution >= 4 is 28.9 Å². The van der Waals surface area contributed by atoms with Gasteiger partial charge in [-0.05, 0) is 31.4 Å². The van der Waals surface area contributed by atoms with E-state index in [4.69, 9.17) is 11.6 Å². The van der Waals surface area contributed by atoms with E-state index in [9.17, 15) is 22.8 Å². The molecule has 0 atom stereocenters. The van der Waals surface area contributed by atoms with Gasteiger partial charge < -0.3 is 10.2 Å². The number of amides is 1. The van der Waals surface area contributed by atoms with Crippen LogP contribution in [0.15, 0.2) is 35.3 Å². The zero-order valence-electron chi connectivity index (χ0n) is 14.8. The van der Waals surface area contributed by atoms with E-state index >= 15 is 0 Å². The lowest BCUT2D eigenvalue weighted by atomic mass is 10.1. The fourth-order valence-electron chi connectivity index (χ4n) is 3.09. The lowest BCUT2D eigenvalue weighted by Crippen LogP contribution is -2.34. The molecule has 2 heterocycles. The van der Waals surface area contributed by atoms with Crippen molar-refractivity contribution in [3.8, 4) is 0 Å². The number of anilines is 2. The first kappa shape index (κ1) is 20.2. The van der Waals surface area contributed by atoms with E-state index in [2.05, 4.69) is 10.4 Å². The second-order valence-corrected chi connectivity index (χ2v) is 6.82. The number of carbonyl (C=O) groups excluding carboxylic acids is 1. The average molecular weight is 415 g/mol. The molecular formula is C18H18ClF3N4O2. The number of halogens is 4. The van der Waals surface area contributed by atoms with Crippen LogP contribution in [0, 0.1) is 0 Å². The van der Waals surface area contributed by atoms with Crippen LogP contribution in [0.5, 0.6) is 0 Å². The SMILES string of the molecule is O=C(Cn1ncc(N2CCCCC2)c(Cl)c1=O)Nc1ccccc1C(F)(F)F. The predicted molar refractivity (Wildman–Crippen MR) is 99.6 cm³/mol. The molecule has 0 bridgehead atoms. The maximum atomic E-state index is 13.0. The summed E-state index contributed by atoms with van der Waals surface area (Å²) in [6, 6.07) is 4.61. The molecule has 28 heavy (non-hydrogen) atoms. The summed E-state index contributed by atoms with van der Waals surface area (Å²) >= 11 is 6.16. The van der Waals surface area contributed by atoms with Gasteiger partial charge in [0.05, 0.1) is 23.1 Å². The van der Waals surface area contributed by atoms with Crippen molar-refractivity contribution in [2.45, 2.75) is 32.0 Å². The van der Waals surface area contributed by atoms with Gasteiger partial charge in [-0.15, -0.1) is 0 Å². The van der Waals surface area contributed by atoms with Crippen LogP contribution in [-0.4, -0.2) is 28.8 Å². The number of benzene rings is 1. The van der Waals surface area contributed by atoms with Gasteiger partial charge in [-0.2, -0.15) is 18.3 Å². The average Bonchev–Trinajstić information content (AvgIpc) is 2.66. The monoisotopic (exact) mass is 414 g/mol. The Morgan fingerprint density at radius 1 is 1.18 bits per heavy atom. The van der Waals surface area contributed by atoms with E-state index in [1.54, 1.807) is 0 Å². The van der Waals surface area contributed by atoms with Gasteiger partial charge in [0, 0.05) is 13.1 Å². The van der Waals surface area contributed by atoms with Crippen LogP contribution in [0.2, 0.25) is 5.02 Å². The standard InChI is InChI=1S/C18H18ClF3N4O2/c19-16-14(25-8-4-1-5-9-25)10-23-26(17(16)28)11-15(27)24-13-7-3-2-6-12(13)18(20,21)22/h2-3,6-7,10H,1,4-5,8-9,11H2,(H,24,27). The van der Waals surface area contributed by atoms with Gasteiger partial charge in [0.1, 0.15) is 11.6 Å². The second kappa shape index (κ2) is 8.22. The highest BCUT2D eigenvalue weighted by molar-refractivity contribution is 6.33. The summed E-state index contributed by atoms with van der Waals surface area (Å²) in [5.74, 6) is -0.812. The fourth-order valence-corrected chi connectivity index (χ4v) is 3.36. The number of para-hydroxylation sites is 1. The topological polar surface area (TPSA) is 67.2 Å². The summed E-state index contributed by atoms with van der Waals surface area (Å²) in [6.07, 6.45) is -0.122. The van der Waals surface area contributed by atoms with E-state index in [1.165, 1.54) is 18.3 Å². The Balaban J connectivity index is 1.77. The molecule has 3 rings (SSSR count). The first-order valence-electron chi connectivity index (χ1n) is 8.74. The van der Waals surface area contributed by atoms with Gasteiger partial charge >= 0.3 is 6.18 Å². The summed E-state index contributed by atoms with van der Waals surface area (Å²) in [6.45, 7) is 0.976. The number of hydrogen-bond donors (Lipinski definition) is 1. The molecule has 1 aromatic heterocycles. The summed E-state index contributed by atoms with van der Waals surface area (Å²) < 4.78 is 39.9. The van der Waals surface area contributed by atoms with Crippen LogP contribution >= 0.6 is 11.6 Å². The van der Waals surface area contributed by atoms with Crippen molar-refractivity contribution in [3.05, 3.63) is 51.4 Å². The van der Waals surface area contributed by atoms with E-state index in [0.29, 0.717) is 5.69 Å². The van der Waals surface area contributed by atoms with E-state index < -0.39 is 29.8 Å². The van der Waals surface area contributed by atoms with Gasteiger partial charge in [-0.1, -0.05) is 23.7 Å². The number of piperidine rings is 1. The molecule has 0 unspecified atom stereocenters. The number of nitrogens with one attached hydrogen (secondary N) is 1. The molecule has 150 valence electrons. The first-order valence-corrected chi connectivity index (χ1v) is 9.12. The van der Waals surface area contributed by atoms with E-state index in [-0.39, 0.29) is 10.7 Å². The highest BCUT2D eigenvalue weighted by Gasteiger charge is 2.33. The maximum Gasteiger partial charge on any atom is 0.418 e. The lowest BCUT2D eigenvalue weighted by Gasteiger charge is -2.29. The molecule has 1 aliphatic heterocycles. The Morgan fingerprint density at radius 2 is 1.86 bits per heavy atom. The van der Waals surface area contributed by atoms with Crippen LogP contribution in [0.3, 0.4) is 0 Å². The van der Waals surface area contributed by atoms with Crippen LogP contribution in [-0.2, 0) is 17.5 Å². The number of rotatable bonds is 4. The van der Waals surface area contributed by atoms with Gasteiger partial charge in [0.15, 0.2) is 0 Å². The zero-order valence-corrected chi connectivity index (χ0v) is 15.6. The number of nitrogens with zero attached hydrogens (tertiary/aromatic N) is 3. The minimum Gasteiger partial charge on any atom is -0.369 e. The van der Waals surface area contributed by atoms with Crippen molar-refractivity contribution in [3.63, 3.8) is 0 Å². The summed E-state index contributed by atoms with van der Waals surface area (Å²) in [5, 5.41) is 6.08. The van der Waals surface area contributed by atoms with Crippen LogP contribution in [0.25, 0.3) is 0 Å². The van der Waals surface area contributed by atoms with Gasteiger partial charge in [0.2, 0.25) is 5.91 Å². The number of carbonyl (C=O) groups is 1. The number of aromatic nitrogens is 2. The van der Waals surface area contributed by atoms with Crippen LogP contribution < -0.4 is 15.8 Å². The predicted octanol–water partition coefficient (Wildman–Crippen LogP) is 3.54. The van der Waals surface area contributed by atoms with Crippen molar-refractivity contribution < 1.29 is 18.0 Å². The molecule has 1 N–H and O–H groups in total. The Morgan fingerprint density at radius 3 is 2.54 bits per heavy atom. The number of hydrogen-bond acceptors (Lipinski definition) is 4. The van der Waals surface area contributed by atoms with Crippen molar-refractivity contribution in [1.29, 1.82) is 0 Å². The molecule has 1 fully saturated rings. The Labute approximate surface area is 163 Å². The van der Waals surface area contributed by atoms with E-state index in [0.717, 1.165) is 49.2 Å². The summed E-state index contributed by atoms with van der Waals surface area (Å²) in [7, 11) is 0. The van der Waals surface area contributed by atoms with Crippen LogP contribution in [0.4, 0.5) is 24.5 Å². The van der Waals surface area contributed by atoms with Crippen LogP contribution in [0.1, 0.15) is 24.8 Å². The lowest BCUT2D eigenvalue weighted by molar-refractivity contribution is -0.137. The van der Waals surface area contributed by atoms with Crippen molar-refractivity contribution in [2.24, 2.45) is 0 Å². The summed E-state index contributed by atoms with van der Waals surface area (Å²) in [5.41, 5.74) is -1.51. The van der Waals surface area contributed by atoms with Gasteiger partial charge in [-0.25, -0.2) is 4.68 Å². The molecule has 1 amide bonds. The molecule has 1 saturated heterocycles. The zero-order chi connectivity index (χ0) is 20.3. The fraction of sp³-hybridized carbons (Fsp3) is 0.389. The van der Waals surface area contributed by atoms with Crippen molar-refractivity contribution in [2.75, 3.05) is 23.3 Å². The van der Waals surface area contributed by atoms with Gasteiger partial charge in [0.25, 0.3) is 5.56 Å². The molecule has 0 radical (unpaired) electrons. The Kier molecular flexibility index (Phi) is 5.93. The minimum absolute atomic E-state index is 0.0552. The third kappa shape index (κ3) is 4.46. The molecule has 0 saturated carbocycles. The quantitative estimate of drug-likeness (QED) is 0.831. The molecule has 2 aromatic rings. The minimum atomic E-state index is -4.61. The maximum absolute atomic E-state index is 13.0. The normalized spacial score (nSPS) is 14.8. The smallest absolute Gasteiger partial charge is 0.369 e. The molecule has 0 spiro atoms. The molecule has 1 aliphatic rings. The molecule has 10 heteroatoms. The molecule has 6 nitrogen and oxygen atoms in total. The van der Waals surface area contributed by atoms with E-state index in [1.807, 2.05) is 4.90 Å². The highest BCUT2D eigenvalue weighted by atomic mass is 35.5. The molecular weight excluding hydrogens is 397 g/mol. The Hall–Kier alpha value is -2.55. The molecule has 1 aromatic carbocycles. The summed E-state index contributed by atoms with van der Waals surface area (Å²) in [4.78, 5) is 26.6. The second-order valence-electron chi connectivity index (χ2n) is 6.45. The van der Waals surface area contributed by atoms with Gasteiger partial charge in [-0.3, -0.25) is 9.59 Å². The first-order chi connectivity index (χ1) is 13.3. The third-order valence-electron chi connectivity index (χ3n) is 4.46. The largest absolute Gasteiger partial charge is 0.418 e. The highest BCUT2D eigenvalue weighted by Crippen LogP contribution is 2.34.